The molecule has 0 N–H and O–H groups in total. The number of anilines is 1. The van der Waals surface area contributed by atoms with Gasteiger partial charge in [-0.1, -0.05) is 34.1 Å². The van der Waals surface area contributed by atoms with Crippen molar-refractivity contribution in [1.82, 2.24) is 0 Å². The third-order valence-electron chi connectivity index (χ3n) is 3.53. The summed E-state index contributed by atoms with van der Waals surface area (Å²) in [7, 11) is 1.56. The molecule has 1 unspecified atom stereocenters. The first-order chi connectivity index (χ1) is 10.9. The number of likely N-dealkylation sites (N-methyl/N-ethyl adjacent to an activating group) is 1. The highest BCUT2D eigenvalue weighted by Gasteiger charge is 2.57. The Morgan fingerprint density at radius 1 is 1.35 bits per heavy atom. The number of fused-ring (bicyclic) bond motifs is 1. The number of hydrogen-bond acceptors (Lipinski definition) is 5. The van der Waals surface area contributed by atoms with Gasteiger partial charge >= 0.3 is 11.9 Å². The molecule has 7 heteroatoms. The normalized spacial score (nSPS) is 20.3. The average Bonchev–Trinajstić information content (AvgIpc) is 2.71. The van der Waals surface area contributed by atoms with Crippen LogP contribution in [0, 0.1) is 0 Å². The van der Waals surface area contributed by atoms with E-state index in [1.54, 1.807) is 38.2 Å². The predicted octanol–water partition coefficient (Wildman–Crippen LogP) is 2.26. The van der Waals surface area contributed by atoms with Gasteiger partial charge in [0, 0.05) is 19.5 Å². The van der Waals surface area contributed by atoms with Gasteiger partial charge in [0.15, 0.2) is 0 Å². The van der Waals surface area contributed by atoms with Gasteiger partial charge in [0.05, 0.1) is 12.3 Å². The molecule has 1 aromatic rings. The smallest absolute Gasteiger partial charge is 0.339 e. The Labute approximate surface area is 142 Å². The number of para-hydroxylation sites is 1. The lowest BCUT2D eigenvalue weighted by atomic mass is 9.87. The highest BCUT2D eigenvalue weighted by molar-refractivity contribution is 9.11. The van der Waals surface area contributed by atoms with Crippen molar-refractivity contribution in [1.29, 1.82) is 0 Å². The molecule has 0 fully saturated rings. The van der Waals surface area contributed by atoms with Crippen molar-refractivity contribution in [2.24, 2.45) is 0 Å². The number of rotatable bonds is 4. The molecule has 0 aliphatic carbocycles. The van der Waals surface area contributed by atoms with Crippen LogP contribution in [0.1, 0.15) is 19.4 Å². The molecule has 0 aromatic heterocycles. The number of carbonyl (C=O) groups excluding carboxylic acids is 3. The monoisotopic (exact) mass is 381 g/mol. The van der Waals surface area contributed by atoms with Crippen molar-refractivity contribution in [2.75, 3.05) is 18.6 Å². The summed E-state index contributed by atoms with van der Waals surface area (Å²) in [5, 5.41) is 0. The van der Waals surface area contributed by atoms with Crippen molar-refractivity contribution in [2.45, 2.75) is 19.4 Å². The van der Waals surface area contributed by atoms with Crippen LogP contribution in [0.3, 0.4) is 0 Å². The molecule has 122 valence electrons. The quantitative estimate of drug-likeness (QED) is 0.590. The molecule has 0 radical (unpaired) electrons. The van der Waals surface area contributed by atoms with Crippen LogP contribution in [0.2, 0.25) is 0 Å². The van der Waals surface area contributed by atoms with E-state index in [9.17, 15) is 14.4 Å². The minimum Gasteiger partial charge on any atom is -0.462 e. The summed E-state index contributed by atoms with van der Waals surface area (Å²) in [5.41, 5.74) is -0.958. The zero-order chi connectivity index (χ0) is 17.2. The first kappa shape index (κ1) is 17.2. The molecule has 23 heavy (non-hydrogen) atoms. The molecule has 1 atom stereocenters. The van der Waals surface area contributed by atoms with E-state index in [0.717, 1.165) is 0 Å². The summed E-state index contributed by atoms with van der Waals surface area (Å²) in [4.78, 5) is 39.5. The second kappa shape index (κ2) is 6.54. The highest BCUT2D eigenvalue weighted by atomic mass is 79.9. The predicted molar refractivity (Wildman–Crippen MR) is 86.9 cm³/mol. The fraction of sp³-hybridized carbons (Fsp3) is 0.312. The Morgan fingerprint density at radius 3 is 2.57 bits per heavy atom. The van der Waals surface area contributed by atoms with Crippen LogP contribution >= 0.6 is 15.9 Å². The Morgan fingerprint density at radius 2 is 2.00 bits per heavy atom. The fourth-order valence-corrected chi connectivity index (χ4v) is 3.14. The van der Waals surface area contributed by atoms with Gasteiger partial charge in [-0.2, -0.15) is 0 Å². The molecule has 0 spiro atoms. The van der Waals surface area contributed by atoms with Crippen LogP contribution in [0.25, 0.3) is 0 Å². The van der Waals surface area contributed by atoms with Crippen molar-refractivity contribution in [3.05, 3.63) is 40.4 Å². The average molecular weight is 382 g/mol. The number of esters is 2. The molecule has 0 bridgehead atoms. The van der Waals surface area contributed by atoms with Gasteiger partial charge in [-0.3, -0.25) is 9.59 Å². The van der Waals surface area contributed by atoms with Gasteiger partial charge in [0.25, 0.3) is 5.91 Å². The maximum Gasteiger partial charge on any atom is 0.339 e. The third-order valence-corrected chi connectivity index (χ3v) is 3.99. The zero-order valence-corrected chi connectivity index (χ0v) is 14.5. The van der Waals surface area contributed by atoms with Gasteiger partial charge in [0.1, 0.15) is 5.57 Å². The Bertz CT molecular complexity index is 699. The molecular formula is C16H16BrNO5. The number of carbonyl (C=O) groups is 3. The van der Waals surface area contributed by atoms with Gasteiger partial charge < -0.3 is 14.4 Å². The first-order valence-electron chi connectivity index (χ1n) is 6.95. The minimum atomic E-state index is -1.85. The van der Waals surface area contributed by atoms with Crippen molar-refractivity contribution >= 4 is 39.5 Å². The largest absolute Gasteiger partial charge is 0.462 e. The van der Waals surface area contributed by atoms with Crippen molar-refractivity contribution in [3.63, 3.8) is 0 Å². The van der Waals surface area contributed by atoms with Crippen LogP contribution in [0.5, 0.6) is 0 Å². The van der Waals surface area contributed by atoms with E-state index in [4.69, 9.17) is 9.47 Å². The lowest BCUT2D eigenvalue weighted by Gasteiger charge is -2.28. The van der Waals surface area contributed by atoms with E-state index >= 15 is 0 Å². The van der Waals surface area contributed by atoms with E-state index in [-0.39, 0.29) is 12.2 Å². The maximum atomic E-state index is 12.9. The molecule has 1 aliphatic rings. The van der Waals surface area contributed by atoms with Crippen LogP contribution in [0.15, 0.2) is 34.8 Å². The highest BCUT2D eigenvalue weighted by Crippen LogP contribution is 2.47. The summed E-state index contributed by atoms with van der Waals surface area (Å²) in [6.07, 6.45) is 0. The Hall–Kier alpha value is -2.15. The Kier molecular flexibility index (Phi) is 4.89. The van der Waals surface area contributed by atoms with E-state index in [1.165, 1.54) is 16.8 Å². The molecular weight excluding hydrogens is 366 g/mol. The third kappa shape index (κ3) is 2.65. The van der Waals surface area contributed by atoms with E-state index in [2.05, 4.69) is 15.9 Å². The Balaban J connectivity index is 2.73. The topological polar surface area (TPSA) is 72.9 Å². The fourth-order valence-electron chi connectivity index (χ4n) is 2.63. The molecule has 1 aliphatic heterocycles. The summed E-state index contributed by atoms with van der Waals surface area (Å²) >= 11 is 3.10. The molecule has 1 amide bonds. The van der Waals surface area contributed by atoms with Crippen LogP contribution in [-0.2, 0) is 29.5 Å². The van der Waals surface area contributed by atoms with Gasteiger partial charge in [-0.15, -0.1) is 0 Å². The van der Waals surface area contributed by atoms with Gasteiger partial charge in [-0.25, -0.2) is 4.79 Å². The number of hydrogen-bond donors (Lipinski definition) is 0. The van der Waals surface area contributed by atoms with Crippen LogP contribution < -0.4 is 4.90 Å². The number of amides is 1. The number of benzene rings is 1. The van der Waals surface area contributed by atoms with Crippen molar-refractivity contribution in [3.8, 4) is 0 Å². The summed E-state index contributed by atoms with van der Waals surface area (Å²) < 4.78 is 10.4. The summed E-state index contributed by atoms with van der Waals surface area (Å²) in [5.74, 6) is -1.95. The standard InChI is InChI=1S/C16H16BrNO5/c1-4-22-14(20)12(9-17)16(23-10(2)19)11-7-5-6-8-13(11)18(3)15(16)21/h5-9H,4H2,1-3H3/b12-9+. The lowest BCUT2D eigenvalue weighted by Crippen LogP contribution is -2.46. The molecule has 1 heterocycles. The molecule has 0 saturated carbocycles. The van der Waals surface area contributed by atoms with Crippen LogP contribution in [0.4, 0.5) is 5.69 Å². The molecule has 2 rings (SSSR count). The number of halogens is 1. The lowest BCUT2D eigenvalue weighted by molar-refractivity contribution is -0.164. The maximum absolute atomic E-state index is 12.9. The van der Waals surface area contributed by atoms with Crippen molar-refractivity contribution < 1.29 is 23.9 Å². The molecule has 0 saturated heterocycles. The number of ether oxygens (including phenoxy) is 2. The summed E-state index contributed by atoms with van der Waals surface area (Å²) in [6, 6.07) is 6.83. The first-order valence-corrected chi connectivity index (χ1v) is 7.86. The molecule has 1 aromatic carbocycles. The SMILES string of the molecule is CCOC(=O)/C(=C\Br)C1(OC(C)=O)C(=O)N(C)c2ccccc21. The molecule has 6 nitrogen and oxygen atoms in total. The van der Waals surface area contributed by atoms with E-state index in [1.807, 2.05) is 0 Å². The second-order valence-electron chi connectivity index (χ2n) is 4.90. The van der Waals surface area contributed by atoms with Gasteiger partial charge in [-0.05, 0) is 18.0 Å². The summed E-state index contributed by atoms with van der Waals surface area (Å²) in [6.45, 7) is 2.97. The van der Waals surface area contributed by atoms with Gasteiger partial charge in [0.2, 0.25) is 5.60 Å². The minimum absolute atomic E-state index is 0.0867. The van der Waals surface area contributed by atoms with E-state index in [0.29, 0.717) is 11.3 Å². The van der Waals surface area contributed by atoms with E-state index < -0.39 is 23.4 Å². The zero-order valence-electron chi connectivity index (χ0n) is 13.0. The second-order valence-corrected chi connectivity index (χ2v) is 5.36. The van der Waals surface area contributed by atoms with Crippen LogP contribution in [-0.4, -0.2) is 31.5 Å². The number of nitrogens with zero attached hydrogens (tertiary/aromatic N) is 1.